The lowest BCUT2D eigenvalue weighted by atomic mass is 10.6. The Morgan fingerprint density at radius 3 is 1.38 bits per heavy atom. The van der Waals surface area contributed by atoms with E-state index in [1.165, 1.54) is 0 Å². The van der Waals surface area contributed by atoms with Crippen molar-refractivity contribution in [3.8, 4) is 0 Å². The topological polar surface area (TPSA) is 77.5 Å². The van der Waals surface area contributed by atoms with Gasteiger partial charge in [0.2, 0.25) is 0 Å². The molecule has 0 heterocycles. The summed E-state index contributed by atoms with van der Waals surface area (Å²) in [6.45, 7) is 3.26. The van der Waals surface area contributed by atoms with E-state index in [4.69, 9.17) is 0 Å². The Hall–Kier alpha value is -0.140. The van der Waals surface area contributed by atoms with Gasteiger partial charge >= 0.3 is 0 Å². The highest BCUT2D eigenvalue weighted by molar-refractivity contribution is 7.99. The quantitative estimate of drug-likeness (QED) is 0.663. The van der Waals surface area contributed by atoms with E-state index in [9.17, 15) is 16.8 Å². The van der Waals surface area contributed by atoms with Gasteiger partial charge in [-0.25, -0.2) is 0 Å². The van der Waals surface area contributed by atoms with E-state index in [0.29, 0.717) is 12.8 Å². The van der Waals surface area contributed by atoms with Crippen LogP contribution < -0.4 is 0 Å². The number of hydrogen-bond donors (Lipinski definition) is 0. The summed E-state index contributed by atoms with van der Waals surface area (Å²) in [5.41, 5.74) is 0. The van der Waals surface area contributed by atoms with Crippen LogP contribution in [0.5, 0.6) is 0 Å². The zero-order chi connectivity index (χ0) is 10.5. The van der Waals surface area contributed by atoms with Crippen LogP contribution >= 0.6 is 0 Å². The van der Waals surface area contributed by atoms with Crippen molar-refractivity contribution in [2.75, 3.05) is 11.5 Å². The van der Waals surface area contributed by atoms with Gasteiger partial charge < -0.3 is 0 Å². The maximum absolute atomic E-state index is 10.9. The van der Waals surface area contributed by atoms with E-state index in [2.05, 4.69) is 3.63 Å². The fourth-order valence-electron chi connectivity index (χ4n) is 0.726. The first kappa shape index (κ1) is 12.9. The molecule has 0 aromatic carbocycles. The molecule has 7 heteroatoms. The molecule has 0 saturated heterocycles. The molecule has 0 aromatic rings. The molecule has 0 aromatic heterocycles. The predicted octanol–water partition coefficient (Wildman–Crippen LogP) is 0.483. The Kier molecular flexibility index (Phi) is 4.87. The number of rotatable bonds is 6. The van der Waals surface area contributed by atoms with Gasteiger partial charge in [0.25, 0.3) is 20.2 Å². The van der Waals surface area contributed by atoms with Gasteiger partial charge in [0.05, 0.1) is 11.5 Å². The zero-order valence-corrected chi connectivity index (χ0v) is 9.32. The van der Waals surface area contributed by atoms with Gasteiger partial charge in [-0.15, -0.1) is 3.63 Å². The van der Waals surface area contributed by atoms with E-state index in [1.54, 1.807) is 13.8 Å². The molecule has 5 nitrogen and oxygen atoms in total. The first-order valence-electron chi connectivity index (χ1n) is 3.99. The second-order valence-corrected chi connectivity index (χ2v) is 6.18. The third-order valence-electron chi connectivity index (χ3n) is 1.12. The van der Waals surface area contributed by atoms with E-state index < -0.39 is 20.2 Å². The summed E-state index contributed by atoms with van der Waals surface area (Å²) in [5.74, 6) is -0.536. The van der Waals surface area contributed by atoms with Gasteiger partial charge in [-0.1, -0.05) is 13.8 Å². The lowest BCUT2D eigenvalue weighted by Crippen LogP contribution is -2.18. The maximum Gasteiger partial charge on any atom is 0.281 e. The second kappa shape index (κ2) is 4.92. The molecule has 0 fully saturated rings. The summed E-state index contributed by atoms with van der Waals surface area (Å²) in [6, 6.07) is 0. The molecule has 0 aliphatic rings. The van der Waals surface area contributed by atoms with Crippen LogP contribution in [0.1, 0.15) is 26.7 Å². The van der Waals surface area contributed by atoms with Gasteiger partial charge in [-0.05, 0) is 12.8 Å². The van der Waals surface area contributed by atoms with Crippen LogP contribution in [0.25, 0.3) is 0 Å². The van der Waals surface area contributed by atoms with Gasteiger partial charge in [0.15, 0.2) is 0 Å². The lowest BCUT2D eigenvalue weighted by molar-refractivity contribution is 0.460. The Labute approximate surface area is 79.3 Å². The first-order valence-corrected chi connectivity index (χ1v) is 7.15. The SMILES string of the molecule is CCCS(=O)(=O)OS(=O)(=O)CCC. The summed E-state index contributed by atoms with van der Waals surface area (Å²) < 4.78 is 47.7. The Morgan fingerprint density at radius 2 is 1.15 bits per heavy atom. The number of hydrogen-bond acceptors (Lipinski definition) is 5. The molecule has 0 unspecified atom stereocenters. The van der Waals surface area contributed by atoms with Gasteiger partial charge in [-0.3, -0.25) is 0 Å². The molecule has 0 N–H and O–H groups in total. The summed E-state index contributed by atoms with van der Waals surface area (Å²) >= 11 is 0. The van der Waals surface area contributed by atoms with E-state index in [0.717, 1.165) is 0 Å². The smallest absolute Gasteiger partial charge is 0.198 e. The van der Waals surface area contributed by atoms with Crippen molar-refractivity contribution >= 4 is 20.2 Å². The molecule has 80 valence electrons. The van der Waals surface area contributed by atoms with Crippen LogP contribution in [-0.4, -0.2) is 28.3 Å². The Bertz CT molecular complexity index is 292. The summed E-state index contributed by atoms with van der Waals surface area (Å²) in [6.07, 6.45) is 0.675. The van der Waals surface area contributed by atoms with Crippen molar-refractivity contribution in [3.05, 3.63) is 0 Å². The van der Waals surface area contributed by atoms with Crippen LogP contribution in [0.2, 0.25) is 0 Å². The average molecular weight is 230 g/mol. The fraction of sp³-hybridized carbons (Fsp3) is 1.00. The summed E-state index contributed by atoms with van der Waals surface area (Å²) in [7, 11) is -7.80. The first-order chi connectivity index (χ1) is 5.83. The zero-order valence-electron chi connectivity index (χ0n) is 7.69. The highest BCUT2D eigenvalue weighted by atomic mass is 32.3. The molecule has 0 atom stereocenters. The van der Waals surface area contributed by atoms with Crippen molar-refractivity contribution in [1.29, 1.82) is 0 Å². The van der Waals surface area contributed by atoms with Crippen LogP contribution in [-0.2, 0) is 23.9 Å². The molecule has 13 heavy (non-hydrogen) atoms. The normalized spacial score (nSPS) is 13.1. The molecule has 0 aliphatic carbocycles. The third kappa shape index (κ3) is 6.00. The minimum Gasteiger partial charge on any atom is -0.198 e. The predicted molar refractivity (Wildman–Crippen MR) is 49.2 cm³/mol. The van der Waals surface area contributed by atoms with Gasteiger partial charge in [0.1, 0.15) is 0 Å². The minimum absolute atomic E-state index is 0.268. The van der Waals surface area contributed by atoms with Crippen molar-refractivity contribution in [3.63, 3.8) is 0 Å². The van der Waals surface area contributed by atoms with E-state index >= 15 is 0 Å². The average Bonchev–Trinajstić information content (AvgIpc) is 1.82. The molecule has 0 spiro atoms. The molecular weight excluding hydrogens is 216 g/mol. The van der Waals surface area contributed by atoms with Crippen molar-refractivity contribution in [1.82, 2.24) is 0 Å². The maximum atomic E-state index is 10.9. The highest BCUT2D eigenvalue weighted by Gasteiger charge is 2.20. The van der Waals surface area contributed by atoms with Gasteiger partial charge in [0, 0.05) is 0 Å². The molecule has 0 bridgehead atoms. The van der Waals surface area contributed by atoms with E-state index in [1.807, 2.05) is 0 Å². The highest BCUT2D eigenvalue weighted by Crippen LogP contribution is 2.04. The van der Waals surface area contributed by atoms with Crippen molar-refractivity contribution in [2.45, 2.75) is 26.7 Å². The molecule has 0 radical (unpaired) electrons. The second-order valence-electron chi connectivity index (χ2n) is 2.59. The molecule has 0 rings (SSSR count). The monoisotopic (exact) mass is 230 g/mol. The molecule has 0 saturated carbocycles. The van der Waals surface area contributed by atoms with E-state index in [-0.39, 0.29) is 11.5 Å². The summed E-state index contributed by atoms with van der Waals surface area (Å²) in [5, 5.41) is 0. The Morgan fingerprint density at radius 1 is 0.846 bits per heavy atom. The minimum atomic E-state index is -3.90. The largest absolute Gasteiger partial charge is 0.281 e. The summed E-state index contributed by atoms with van der Waals surface area (Å²) in [4.78, 5) is 0. The van der Waals surface area contributed by atoms with Crippen LogP contribution in [0.15, 0.2) is 0 Å². The van der Waals surface area contributed by atoms with Crippen LogP contribution in [0.3, 0.4) is 0 Å². The van der Waals surface area contributed by atoms with Gasteiger partial charge in [-0.2, -0.15) is 16.8 Å². The Balaban J connectivity index is 4.44. The van der Waals surface area contributed by atoms with Crippen molar-refractivity contribution in [2.24, 2.45) is 0 Å². The van der Waals surface area contributed by atoms with Crippen molar-refractivity contribution < 1.29 is 20.5 Å². The molecular formula is C6H14O5S2. The molecule has 0 aliphatic heterocycles. The third-order valence-corrected chi connectivity index (χ3v) is 4.59. The fourth-order valence-corrected chi connectivity index (χ4v) is 3.53. The van der Waals surface area contributed by atoms with Crippen LogP contribution in [0, 0.1) is 0 Å². The standard InChI is InChI=1S/C6H14O5S2/c1-3-5-12(7,8)11-13(9,10)6-4-2/h3-6H2,1-2H3. The lowest BCUT2D eigenvalue weighted by Gasteiger charge is -2.03. The van der Waals surface area contributed by atoms with Crippen LogP contribution in [0.4, 0.5) is 0 Å². The molecule has 0 amide bonds.